The van der Waals surface area contributed by atoms with Gasteiger partial charge in [0, 0.05) is 31.5 Å². The van der Waals surface area contributed by atoms with Crippen LogP contribution in [0.2, 0.25) is 0 Å². The van der Waals surface area contributed by atoms with Crippen LogP contribution in [0.5, 0.6) is 5.75 Å². The first-order chi connectivity index (χ1) is 12.5. The third-order valence-corrected chi connectivity index (χ3v) is 5.18. The molecular formula is C18H20N4O3S. The molecule has 3 rings (SSSR count). The van der Waals surface area contributed by atoms with Gasteiger partial charge in [-0.15, -0.1) is 0 Å². The van der Waals surface area contributed by atoms with Crippen molar-refractivity contribution in [3.63, 3.8) is 0 Å². The first-order valence-electron chi connectivity index (χ1n) is 8.15. The van der Waals surface area contributed by atoms with Gasteiger partial charge in [0.15, 0.2) is 0 Å². The van der Waals surface area contributed by atoms with Crippen LogP contribution in [0.25, 0.3) is 11.3 Å². The zero-order valence-electron chi connectivity index (χ0n) is 14.6. The van der Waals surface area contributed by atoms with Crippen molar-refractivity contribution in [2.75, 3.05) is 6.61 Å². The minimum Gasteiger partial charge on any atom is -0.494 e. The van der Waals surface area contributed by atoms with Gasteiger partial charge in [-0.1, -0.05) is 6.07 Å². The molecule has 0 aliphatic rings. The molecule has 0 aliphatic heterocycles. The van der Waals surface area contributed by atoms with Crippen LogP contribution in [-0.4, -0.2) is 29.8 Å². The van der Waals surface area contributed by atoms with E-state index in [9.17, 15) is 8.42 Å². The third-order valence-electron chi connectivity index (χ3n) is 3.77. The Kier molecular flexibility index (Phi) is 5.34. The molecular weight excluding hydrogens is 352 g/mol. The zero-order valence-corrected chi connectivity index (χ0v) is 15.4. The monoisotopic (exact) mass is 372 g/mol. The molecule has 1 aromatic carbocycles. The molecule has 0 saturated carbocycles. The Labute approximate surface area is 152 Å². The molecule has 3 aromatic rings. The summed E-state index contributed by atoms with van der Waals surface area (Å²) in [7, 11) is -1.82. The molecule has 136 valence electrons. The summed E-state index contributed by atoms with van der Waals surface area (Å²) < 4.78 is 34.7. The number of aromatic nitrogens is 3. The lowest BCUT2D eigenvalue weighted by atomic mass is 10.1. The Hall–Kier alpha value is -2.71. The van der Waals surface area contributed by atoms with Gasteiger partial charge in [-0.3, -0.25) is 9.67 Å². The van der Waals surface area contributed by atoms with Crippen molar-refractivity contribution in [2.24, 2.45) is 7.05 Å². The van der Waals surface area contributed by atoms with Gasteiger partial charge < -0.3 is 4.74 Å². The lowest BCUT2D eigenvalue weighted by molar-refractivity contribution is 0.340. The number of hydrogen-bond donors (Lipinski definition) is 1. The van der Waals surface area contributed by atoms with Crippen molar-refractivity contribution >= 4 is 10.0 Å². The summed E-state index contributed by atoms with van der Waals surface area (Å²) in [5.41, 5.74) is 2.31. The van der Waals surface area contributed by atoms with E-state index in [1.807, 2.05) is 26.2 Å². The van der Waals surface area contributed by atoms with Crippen LogP contribution in [0, 0.1) is 0 Å². The van der Waals surface area contributed by atoms with Gasteiger partial charge in [0.2, 0.25) is 10.0 Å². The van der Waals surface area contributed by atoms with Crippen molar-refractivity contribution in [3.8, 4) is 17.0 Å². The van der Waals surface area contributed by atoms with E-state index in [0.29, 0.717) is 18.1 Å². The topological polar surface area (TPSA) is 86.1 Å². The predicted molar refractivity (Wildman–Crippen MR) is 98.1 cm³/mol. The molecule has 0 atom stereocenters. The molecule has 0 aliphatic carbocycles. The lowest BCUT2D eigenvalue weighted by Gasteiger charge is -2.10. The number of rotatable bonds is 7. The van der Waals surface area contributed by atoms with Gasteiger partial charge in [-0.25, -0.2) is 13.1 Å². The van der Waals surface area contributed by atoms with Crippen LogP contribution in [0.1, 0.15) is 12.5 Å². The summed E-state index contributed by atoms with van der Waals surface area (Å²) in [6.45, 7) is 2.54. The van der Waals surface area contributed by atoms with Crippen LogP contribution in [0.4, 0.5) is 0 Å². The first-order valence-corrected chi connectivity index (χ1v) is 9.63. The van der Waals surface area contributed by atoms with Gasteiger partial charge in [0.25, 0.3) is 0 Å². The van der Waals surface area contributed by atoms with Crippen LogP contribution in [0.15, 0.2) is 59.9 Å². The summed E-state index contributed by atoms with van der Waals surface area (Å²) in [4.78, 5) is 4.55. The van der Waals surface area contributed by atoms with Crippen molar-refractivity contribution in [2.45, 2.75) is 18.4 Å². The van der Waals surface area contributed by atoms with Gasteiger partial charge in [0.05, 0.1) is 23.4 Å². The van der Waals surface area contributed by atoms with Crippen molar-refractivity contribution in [3.05, 3.63) is 60.6 Å². The van der Waals surface area contributed by atoms with E-state index >= 15 is 0 Å². The smallest absolute Gasteiger partial charge is 0.240 e. The highest BCUT2D eigenvalue weighted by Crippen LogP contribution is 2.21. The van der Waals surface area contributed by atoms with Crippen LogP contribution >= 0.6 is 0 Å². The first kappa shape index (κ1) is 18.1. The molecule has 0 fully saturated rings. The molecule has 8 heteroatoms. The summed E-state index contributed by atoms with van der Waals surface area (Å²) in [6, 6.07) is 9.96. The lowest BCUT2D eigenvalue weighted by Crippen LogP contribution is -2.23. The van der Waals surface area contributed by atoms with Crippen LogP contribution < -0.4 is 9.46 Å². The standard InChI is InChI=1S/C18H20N4O3S/c1-3-25-16-6-8-17(9-7-16)26(23,24)21-12-14-5-4-10-19-18(14)15-11-20-22(2)13-15/h4-11,13,21H,3,12H2,1-2H3. The second-order valence-corrected chi connectivity index (χ2v) is 7.41. The van der Waals surface area contributed by atoms with E-state index in [-0.39, 0.29) is 11.4 Å². The number of sulfonamides is 1. The fraction of sp³-hybridized carbons (Fsp3) is 0.222. The largest absolute Gasteiger partial charge is 0.494 e. The minimum absolute atomic E-state index is 0.133. The summed E-state index contributed by atoms with van der Waals surface area (Å²) >= 11 is 0. The molecule has 0 bridgehead atoms. The average Bonchev–Trinajstić information content (AvgIpc) is 3.07. The maximum Gasteiger partial charge on any atom is 0.240 e. The average molecular weight is 372 g/mol. The number of hydrogen-bond acceptors (Lipinski definition) is 5. The second-order valence-electron chi connectivity index (χ2n) is 5.64. The number of aryl methyl sites for hydroxylation is 1. The molecule has 2 heterocycles. The highest BCUT2D eigenvalue weighted by Gasteiger charge is 2.16. The molecule has 0 amide bonds. The molecule has 7 nitrogen and oxygen atoms in total. The summed E-state index contributed by atoms with van der Waals surface area (Å²) in [5, 5.41) is 4.14. The minimum atomic E-state index is -3.64. The fourth-order valence-corrected chi connectivity index (χ4v) is 3.53. The SMILES string of the molecule is CCOc1ccc(S(=O)(=O)NCc2cccnc2-c2cnn(C)c2)cc1. The van der Waals surface area contributed by atoms with E-state index in [0.717, 1.165) is 11.1 Å². The second kappa shape index (κ2) is 7.67. The highest BCUT2D eigenvalue weighted by atomic mass is 32.2. The summed E-state index contributed by atoms with van der Waals surface area (Å²) in [6.07, 6.45) is 5.21. The quantitative estimate of drug-likeness (QED) is 0.688. The van der Waals surface area contributed by atoms with Gasteiger partial charge in [-0.2, -0.15) is 5.10 Å². The molecule has 2 aromatic heterocycles. The molecule has 0 spiro atoms. The van der Waals surface area contributed by atoms with Gasteiger partial charge in [0.1, 0.15) is 5.75 Å². The Morgan fingerprint density at radius 3 is 2.62 bits per heavy atom. The Bertz CT molecular complexity index is 982. The predicted octanol–water partition coefficient (Wildman–Crippen LogP) is 2.36. The normalized spacial score (nSPS) is 11.5. The molecule has 26 heavy (non-hydrogen) atoms. The van der Waals surface area contributed by atoms with E-state index in [1.54, 1.807) is 35.3 Å². The van der Waals surface area contributed by atoms with Crippen molar-refractivity contribution < 1.29 is 13.2 Å². The van der Waals surface area contributed by atoms with E-state index in [2.05, 4.69) is 14.8 Å². The zero-order chi connectivity index (χ0) is 18.6. The van der Waals surface area contributed by atoms with Crippen molar-refractivity contribution in [1.29, 1.82) is 0 Å². The number of nitrogens with zero attached hydrogens (tertiary/aromatic N) is 3. The Balaban J connectivity index is 1.78. The fourth-order valence-electron chi connectivity index (χ4n) is 2.52. The maximum absolute atomic E-state index is 12.5. The molecule has 0 unspecified atom stereocenters. The maximum atomic E-state index is 12.5. The number of nitrogens with one attached hydrogen (secondary N) is 1. The van der Waals surface area contributed by atoms with Crippen LogP contribution in [0.3, 0.4) is 0 Å². The van der Waals surface area contributed by atoms with Gasteiger partial charge in [-0.05, 0) is 42.8 Å². The number of benzene rings is 1. The van der Waals surface area contributed by atoms with E-state index in [1.165, 1.54) is 12.1 Å². The molecule has 1 N–H and O–H groups in total. The van der Waals surface area contributed by atoms with Crippen molar-refractivity contribution in [1.82, 2.24) is 19.5 Å². The third kappa shape index (κ3) is 4.09. The Morgan fingerprint density at radius 1 is 1.19 bits per heavy atom. The van der Waals surface area contributed by atoms with E-state index in [4.69, 9.17) is 4.74 Å². The molecule has 0 radical (unpaired) electrons. The van der Waals surface area contributed by atoms with E-state index < -0.39 is 10.0 Å². The highest BCUT2D eigenvalue weighted by molar-refractivity contribution is 7.89. The Morgan fingerprint density at radius 2 is 1.96 bits per heavy atom. The summed E-state index contributed by atoms with van der Waals surface area (Å²) in [5.74, 6) is 0.637. The van der Waals surface area contributed by atoms with Gasteiger partial charge >= 0.3 is 0 Å². The van der Waals surface area contributed by atoms with Crippen LogP contribution in [-0.2, 0) is 23.6 Å². The molecule has 0 saturated heterocycles. The number of ether oxygens (including phenoxy) is 1. The number of pyridine rings is 1.